The zero-order chi connectivity index (χ0) is 14.8. The molecule has 1 aliphatic rings. The minimum Gasteiger partial charge on any atom is -0.490 e. The van der Waals surface area contributed by atoms with Gasteiger partial charge in [0.15, 0.2) is 11.6 Å². The molecule has 1 atom stereocenters. The van der Waals surface area contributed by atoms with Crippen molar-refractivity contribution in [3.63, 3.8) is 0 Å². The zero-order valence-corrected chi connectivity index (χ0v) is 12.0. The first-order valence-corrected chi connectivity index (χ1v) is 7.48. The van der Waals surface area contributed by atoms with E-state index in [1.807, 2.05) is 6.07 Å². The third kappa shape index (κ3) is 2.91. The molecule has 0 aliphatic carbocycles. The maximum Gasteiger partial charge on any atom is 0.336 e. The van der Waals surface area contributed by atoms with E-state index in [1.54, 1.807) is 17.5 Å². The van der Waals surface area contributed by atoms with Gasteiger partial charge in [0, 0.05) is 34.8 Å². The first-order chi connectivity index (χ1) is 10.1. The van der Waals surface area contributed by atoms with Gasteiger partial charge in [-0.3, -0.25) is 0 Å². The predicted molar refractivity (Wildman–Crippen MR) is 77.4 cm³/mol. The lowest BCUT2D eigenvalue weighted by Gasteiger charge is -2.26. The standard InChI is InChI=1S/C15H14FNO3S/c16-12-3-1-2-11-13(4-5-20-14(11)12)17-7-10-6-9(8-21-10)15(18)19/h1-3,6,8,13,17H,4-5,7H2,(H,18,19)/t13-/m0/s1. The Morgan fingerprint density at radius 3 is 3.14 bits per heavy atom. The monoisotopic (exact) mass is 307 g/mol. The SMILES string of the molecule is O=C(O)c1csc(CN[C@H]2CCOc3c(F)cccc32)c1. The number of para-hydroxylation sites is 1. The number of hydrogen-bond acceptors (Lipinski definition) is 4. The maximum atomic E-state index is 13.7. The van der Waals surface area contributed by atoms with Gasteiger partial charge in [0.25, 0.3) is 0 Å². The van der Waals surface area contributed by atoms with Crippen LogP contribution >= 0.6 is 11.3 Å². The number of thiophene rings is 1. The summed E-state index contributed by atoms with van der Waals surface area (Å²) in [5.41, 5.74) is 1.12. The van der Waals surface area contributed by atoms with Crippen molar-refractivity contribution in [1.82, 2.24) is 5.32 Å². The highest BCUT2D eigenvalue weighted by Crippen LogP contribution is 2.34. The van der Waals surface area contributed by atoms with E-state index in [0.29, 0.717) is 24.5 Å². The van der Waals surface area contributed by atoms with Crippen LogP contribution in [0.2, 0.25) is 0 Å². The summed E-state index contributed by atoms with van der Waals surface area (Å²) < 4.78 is 19.1. The van der Waals surface area contributed by atoms with Gasteiger partial charge < -0.3 is 15.2 Å². The highest BCUT2D eigenvalue weighted by molar-refractivity contribution is 7.10. The minimum atomic E-state index is -0.920. The van der Waals surface area contributed by atoms with E-state index in [2.05, 4.69) is 5.32 Å². The number of halogens is 1. The van der Waals surface area contributed by atoms with Crippen LogP contribution in [0.3, 0.4) is 0 Å². The van der Waals surface area contributed by atoms with Crippen LogP contribution in [0.5, 0.6) is 5.75 Å². The molecule has 1 aromatic heterocycles. The van der Waals surface area contributed by atoms with Crippen molar-refractivity contribution in [2.24, 2.45) is 0 Å². The fourth-order valence-electron chi connectivity index (χ4n) is 2.41. The van der Waals surface area contributed by atoms with Crippen molar-refractivity contribution in [2.75, 3.05) is 6.61 Å². The molecule has 1 aliphatic heterocycles. The molecule has 0 fully saturated rings. The van der Waals surface area contributed by atoms with Crippen LogP contribution in [0.4, 0.5) is 4.39 Å². The van der Waals surface area contributed by atoms with E-state index < -0.39 is 5.97 Å². The number of hydrogen-bond donors (Lipinski definition) is 2. The second kappa shape index (κ2) is 5.83. The number of nitrogens with one attached hydrogen (secondary N) is 1. The first kappa shape index (κ1) is 14.0. The van der Waals surface area contributed by atoms with Crippen molar-refractivity contribution in [3.8, 4) is 5.75 Å². The molecule has 0 saturated heterocycles. The molecular weight excluding hydrogens is 293 g/mol. The molecule has 0 unspecified atom stereocenters. The predicted octanol–water partition coefficient (Wildman–Crippen LogP) is 3.20. The lowest BCUT2D eigenvalue weighted by molar-refractivity contribution is 0.0697. The van der Waals surface area contributed by atoms with Crippen LogP contribution in [-0.4, -0.2) is 17.7 Å². The van der Waals surface area contributed by atoms with Gasteiger partial charge >= 0.3 is 5.97 Å². The summed E-state index contributed by atoms with van der Waals surface area (Å²) in [5, 5.41) is 13.9. The molecule has 110 valence electrons. The summed E-state index contributed by atoms with van der Waals surface area (Å²) in [4.78, 5) is 11.8. The number of ether oxygens (including phenoxy) is 1. The van der Waals surface area contributed by atoms with E-state index in [-0.39, 0.29) is 11.9 Å². The molecule has 3 rings (SSSR count). The van der Waals surface area contributed by atoms with Gasteiger partial charge in [0.2, 0.25) is 0 Å². The van der Waals surface area contributed by atoms with Crippen molar-refractivity contribution in [1.29, 1.82) is 0 Å². The topological polar surface area (TPSA) is 58.6 Å². The van der Waals surface area contributed by atoms with E-state index in [1.165, 1.54) is 17.4 Å². The lowest BCUT2D eigenvalue weighted by atomic mass is 10.0. The Kier molecular flexibility index (Phi) is 3.90. The summed E-state index contributed by atoms with van der Waals surface area (Å²) in [5.74, 6) is -0.946. The van der Waals surface area contributed by atoms with Crippen molar-refractivity contribution in [2.45, 2.75) is 19.0 Å². The van der Waals surface area contributed by atoms with Crippen LogP contribution in [0.1, 0.15) is 33.3 Å². The fraction of sp³-hybridized carbons (Fsp3) is 0.267. The quantitative estimate of drug-likeness (QED) is 0.910. The van der Waals surface area contributed by atoms with Crippen LogP contribution < -0.4 is 10.1 Å². The second-order valence-corrected chi connectivity index (χ2v) is 5.83. The fourth-order valence-corrected chi connectivity index (χ4v) is 3.22. The van der Waals surface area contributed by atoms with Gasteiger partial charge in [0.1, 0.15) is 0 Å². The molecule has 0 radical (unpaired) electrons. The zero-order valence-electron chi connectivity index (χ0n) is 11.1. The molecule has 2 N–H and O–H groups in total. The molecular formula is C15H14FNO3S. The minimum absolute atomic E-state index is 0.0137. The Hall–Kier alpha value is -1.92. The van der Waals surface area contributed by atoms with Crippen LogP contribution in [0.25, 0.3) is 0 Å². The third-order valence-corrected chi connectivity index (χ3v) is 4.39. The molecule has 4 nitrogen and oxygen atoms in total. The van der Waals surface area contributed by atoms with Gasteiger partial charge in [-0.25, -0.2) is 9.18 Å². The van der Waals surface area contributed by atoms with E-state index >= 15 is 0 Å². The molecule has 0 saturated carbocycles. The smallest absolute Gasteiger partial charge is 0.336 e. The number of carboxylic acids is 1. The number of rotatable bonds is 4. The van der Waals surface area contributed by atoms with Gasteiger partial charge in [-0.2, -0.15) is 0 Å². The molecule has 6 heteroatoms. The Labute approximate surface area is 125 Å². The summed E-state index contributed by atoms with van der Waals surface area (Å²) in [6, 6.07) is 6.59. The highest BCUT2D eigenvalue weighted by Gasteiger charge is 2.23. The number of carboxylic acid groups (broad SMARTS) is 1. The van der Waals surface area contributed by atoms with Gasteiger partial charge in [0.05, 0.1) is 12.2 Å². The van der Waals surface area contributed by atoms with Crippen molar-refractivity contribution in [3.05, 3.63) is 51.5 Å². The Morgan fingerprint density at radius 2 is 2.38 bits per heavy atom. The summed E-state index contributed by atoms with van der Waals surface area (Å²) in [6.45, 7) is 1.02. The van der Waals surface area contributed by atoms with Gasteiger partial charge in [-0.05, 0) is 12.1 Å². The maximum absolute atomic E-state index is 13.7. The lowest BCUT2D eigenvalue weighted by Crippen LogP contribution is -2.27. The molecule has 2 heterocycles. The average Bonchev–Trinajstić information content (AvgIpc) is 2.95. The Bertz CT molecular complexity index is 671. The highest BCUT2D eigenvalue weighted by atomic mass is 32.1. The van der Waals surface area contributed by atoms with Gasteiger partial charge in [-0.1, -0.05) is 12.1 Å². The molecule has 0 bridgehead atoms. The number of aromatic carboxylic acids is 1. The van der Waals surface area contributed by atoms with Crippen molar-refractivity contribution >= 4 is 17.3 Å². The Balaban J connectivity index is 1.72. The van der Waals surface area contributed by atoms with E-state index in [9.17, 15) is 9.18 Å². The third-order valence-electron chi connectivity index (χ3n) is 3.45. The van der Waals surface area contributed by atoms with Crippen molar-refractivity contribution < 1.29 is 19.0 Å². The van der Waals surface area contributed by atoms with Crippen LogP contribution in [-0.2, 0) is 6.54 Å². The normalized spacial score (nSPS) is 17.1. The first-order valence-electron chi connectivity index (χ1n) is 6.60. The van der Waals surface area contributed by atoms with E-state index in [4.69, 9.17) is 9.84 Å². The van der Waals surface area contributed by atoms with Crippen LogP contribution in [0.15, 0.2) is 29.6 Å². The molecule has 2 aromatic rings. The summed E-state index contributed by atoms with van der Waals surface area (Å²) >= 11 is 1.40. The summed E-state index contributed by atoms with van der Waals surface area (Å²) in [6.07, 6.45) is 0.758. The number of fused-ring (bicyclic) bond motifs is 1. The molecule has 0 spiro atoms. The Morgan fingerprint density at radius 1 is 1.52 bits per heavy atom. The van der Waals surface area contributed by atoms with Crippen LogP contribution in [0, 0.1) is 5.82 Å². The largest absolute Gasteiger partial charge is 0.490 e. The van der Waals surface area contributed by atoms with E-state index in [0.717, 1.165) is 16.9 Å². The number of carbonyl (C=O) groups is 1. The second-order valence-electron chi connectivity index (χ2n) is 4.84. The average molecular weight is 307 g/mol. The molecule has 0 amide bonds. The van der Waals surface area contributed by atoms with Gasteiger partial charge in [-0.15, -0.1) is 11.3 Å². The molecule has 21 heavy (non-hydrogen) atoms. The summed E-state index contributed by atoms with van der Waals surface area (Å²) in [7, 11) is 0. The molecule has 1 aromatic carbocycles. The number of benzene rings is 1.